The molecule has 2 N–H and O–H groups in total. The van der Waals surface area contributed by atoms with Crippen molar-refractivity contribution in [3.8, 4) is 5.75 Å². The van der Waals surface area contributed by atoms with E-state index < -0.39 is 0 Å². The second-order valence-corrected chi connectivity index (χ2v) is 3.77. The van der Waals surface area contributed by atoms with E-state index in [-0.39, 0.29) is 11.9 Å². The van der Waals surface area contributed by atoms with Gasteiger partial charge in [0.2, 0.25) is 0 Å². The molecular formula is C11H14FNO. The smallest absolute Gasteiger partial charge is 0.123 e. The first-order chi connectivity index (χ1) is 6.75. The molecule has 1 aliphatic rings. The zero-order valence-corrected chi connectivity index (χ0v) is 7.95. The van der Waals surface area contributed by atoms with Gasteiger partial charge in [0.25, 0.3) is 0 Å². The molecule has 1 aliphatic carbocycles. The van der Waals surface area contributed by atoms with E-state index >= 15 is 0 Å². The van der Waals surface area contributed by atoms with Crippen molar-refractivity contribution in [3.05, 3.63) is 30.1 Å². The summed E-state index contributed by atoms with van der Waals surface area (Å²) in [6.45, 7) is 0.524. The van der Waals surface area contributed by atoms with Crippen molar-refractivity contribution in [1.29, 1.82) is 0 Å². The molecule has 1 unspecified atom stereocenters. The van der Waals surface area contributed by atoms with Crippen LogP contribution in [0, 0.1) is 11.7 Å². The van der Waals surface area contributed by atoms with Gasteiger partial charge < -0.3 is 10.5 Å². The van der Waals surface area contributed by atoms with Crippen molar-refractivity contribution < 1.29 is 9.13 Å². The van der Waals surface area contributed by atoms with E-state index in [1.165, 1.54) is 25.0 Å². The highest BCUT2D eigenvalue weighted by Gasteiger charge is 2.28. The lowest BCUT2D eigenvalue weighted by atomic mass is 10.2. The largest absolute Gasteiger partial charge is 0.492 e. The Balaban J connectivity index is 1.82. The number of halogens is 1. The molecule has 0 spiro atoms. The molecule has 0 saturated heterocycles. The SMILES string of the molecule is NC(COc1ccc(F)cc1)C1CC1. The van der Waals surface area contributed by atoms with Gasteiger partial charge in [-0.2, -0.15) is 0 Å². The quantitative estimate of drug-likeness (QED) is 0.796. The van der Waals surface area contributed by atoms with Gasteiger partial charge in [-0.3, -0.25) is 0 Å². The molecule has 3 heteroatoms. The number of hydrogen-bond donors (Lipinski definition) is 1. The minimum absolute atomic E-state index is 0.125. The van der Waals surface area contributed by atoms with E-state index in [2.05, 4.69) is 0 Å². The maximum atomic E-state index is 12.5. The van der Waals surface area contributed by atoms with E-state index in [0.717, 1.165) is 0 Å². The molecule has 0 radical (unpaired) electrons. The lowest BCUT2D eigenvalue weighted by molar-refractivity contribution is 0.276. The summed E-state index contributed by atoms with van der Waals surface area (Å²) >= 11 is 0. The molecule has 2 nitrogen and oxygen atoms in total. The molecule has 1 saturated carbocycles. The molecule has 14 heavy (non-hydrogen) atoms. The summed E-state index contributed by atoms with van der Waals surface area (Å²) in [7, 11) is 0. The fourth-order valence-corrected chi connectivity index (χ4v) is 1.38. The van der Waals surface area contributed by atoms with Gasteiger partial charge in [-0.15, -0.1) is 0 Å². The van der Waals surface area contributed by atoms with Crippen LogP contribution in [0.5, 0.6) is 5.75 Å². The van der Waals surface area contributed by atoms with Gasteiger partial charge in [-0.1, -0.05) is 0 Å². The summed E-state index contributed by atoms with van der Waals surface area (Å²) in [6, 6.07) is 6.14. The van der Waals surface area contributed by atoms with E-state index in [1.54, 1.807) is 12.1 Å². The van der Waals surface area contributed by atoms with Gasteiger partial charge >= 0.3 is 0 Å². The Kier molecular flexibility index (Phi) is 2.68. The first-order valence-electron chi connectivity index (χ1n) is 4.89. The lowest BCUT2D eigenvalue weighted by Gasteiger charge is -2.11. The van der Waals surface area contributed by atoms with Crippen molar-refractivity contribution >= 4 is 0 Å². The number of hydrogen-bond acceptors (Lipinski definition) is 2. The second kappa shape index (κ2) is 3.96. The summed E-state index contributed by atoms with van der Waals surface area (Å²) < 4.78 is 18.0. The number of benzene rings is 1. The predicted molar refractivity (Wildman–Crippen MR) is 52.6 cm³/mol. The first kappa shape index (κ1) is 9.46. The number of ether oxygens (including phenoxy) is 1. The lowest BCUT2D eigenvalue weighted by Crippen LogP contribution is -2.29. The predicted octanol–water partition coefficient (Wildman–Crippen LogP) is 1.94. The van der Waals surface area contributed by atoms with Gasteiger partial charge in [0, 0.05) is 6.04 Å². The number of nitrogens with two attached hydrogens (primary N) is 1. The van der Waals surface area contributed by atoms with Gasteiger partial charge in [-0.05, 0) is 43.0 Å². The highest BCUT2D eigenvalue weighted by atomic mass is 19.1. The highest BCUT2D eigenvalue weighted by molar-refractivity contribution is 5.22. The van der Waals surface area contributed by atoms with Crippen LogP contribution >= 0.6 is 0 Å². The molecule has 0 heterocycles. The van der Waals surface area contributed by atoms with Crippen LogP contribution < -0.4 is 10.5 Å². The molecule has 1 aromatic rings. The van der Waals surface area contributed by atoms with Gasteiger partial charge in [0.1, 0.15) is 18.2 Å². The second-order valence-electron chi connectivity index (χ2n) is 3.77. The summed E-state index contributed by atoms with van der Waals surface area (Å²) in [5.74, 6) is 1.07. The number of rotatable bonds is 4. The Morgan fingerprint density at radius 3 is 2.57 bits per heavy atom. The van der Waals surface area contributed by atoms with Gasteiger partial charge in [0.05, 0.1) is 0 Å². The molecule has 2 rings (SSSR count). The highest BCUT2D eigenvalue weighted by Crippen LogP contribution is 2.31. The summed E-state index contributed by atoms with van der Waals surface area (Å²) in [6.07, 6.45) is 2.43. The van der Waals surface area contributed by atoms with E-state index in [1.807, 2.05) is 0 Å². The zero-order valence-electron chi connectivity index (χ0n) is 7.95. The standard InChI is InChI=1S/C11H14FNO/c12-9-3-5-10(6-4-9)14-7-11(13)8-1-2-8/h3-6,8,11H,1-2,7,13H2. The van der Waals surface area contributed by atoms with E-state index in [0.29, 0.717) is 18.3 Å². The fraction of sp³-hybridized carbons (Fsp3) is 0.455. The van der Waals surface area contributed by atoms with E-state index in [4.69, 9.17) is 10.5 Å². The molecule has 0 amide bonds. The molecule has 0 bridgehead atoms. The monoisotopic (exact) mass is 195 g/mol. The topological polar surface area (TPSA) is 35.2 Å². The van der Waals surface area contributed by atoms with E-state index in [9.17, 15) is 4.39 Å². The molecule has 76 valence electrons. The Bertz CT molecular complexity index is 295. The molecule has 1 aromatic carbocycles. The molecule has 0 aromatic heterocycles. The van der Waals surface area contributed by atoms with Crippen LogP contribution in [0.1, 0.15) is 12.8 Å². The van der Waals surface area contributed by atoms with Crippen molar-refractivity contribution in [3.63, 3.8) is 0 Å². The molecule has 1 fully saturated rings. The Morgan fingerprint density at radius 1 is 1.36 bits per heavy atom. The molecule has 0 aliphatic heterocycles. The molecule has 1 atom stereocenters. The van der Waals surface area contributed by atoms with Gasteiger partial charge in [0.15, 0.2) is 0 Å². The average Bonchev–Trinajstić information content (AvgIpc) is 3.00. The Morgan fingerprint density at radius 2 is 2.00 bits per heavy atom. The first-order valence-corrected chi connectivity index (χ1v) is 4.89. The van der Waals surface area contributed by atoms with Crippen LogP contribution in [0.25, 0.3) is 0 Å². The van der Waals surface area contributed by atoms with Crippen LogP contribution in [0.2, 0.25) is 0 Å². The third-order valence-corrected chi connectivity index (χ3v) is 2.48. The third-order valence-electron chi connectivity index (χ3n) is 2.48. The van der Waals surface area contributed by atoms with Crippen molar-refractivity contribution in [2.75, 3.05) is 6.61 Å². The van der Waals surface area contributed by atoms with Crippen LogP contribution in [-0.4, -0.2) is 12.6 Å². The van der Waals surface area contributed by atoms with Crippen molar-refractivity contribution in [2.45, 2.75) is 18.9 Å². The Hall–Kier alpha value is -1.09. The maximum Gasteiger partial charge on any atom is 0.123 e. The third kappa shape index (κ3) is 2.45. The normalized spacial score (nSPS) is 17.9. The Labute approximate surface area is 82.9 Å². The van der Waals surface area contributed by atoms with Crippen LogP contribution in [0.4, 0.5) is 4.39 Å². The average molecular weight is 195 g/mol. The van der Waals surface area contributed by atoms with Crippen LogP contribution in [0.15, 0.2) is 24.3 Å². The minimum atomic E-state index is -0.246. The maximum absolute atomic E-state index is 12.5. The van der Waals surface area contributed by atoms with Crippen LogP contribution in [0.3, 0.4) is 0 Å². The van der Waals surface area contributed by atoms with Crippen molar-refractivity contribution in [2.24, 2.45) is 11.7 Å². The minimum Gasteiger partial charge on any atom is -0.492 e. The van der Waals surface area contributed by atoms with Gasteiger partial charge in [-0.25, -0.2) is 4.39 Å². The summed E-state index contributed by atoms with van der Waals surface area (Å²) in [5.41, 5.74) is 5.86. The fourth-order valence-electron chi connectivity index (χ4n) is 1.38. The zero-order chi connectivity index (χ0) is 9.97. The molecular weight excluding hydrogens is 181 g/mol. The van der Waals surface area contributed by atoms with Crippen LogP contribution in [-0.2, 0) is 0 Å². The van der Waals surface area contributed by atoms with Crippen molar-refractivity contribution in [1.82, 2.24) is 0 Å². The summed E-state index contributed by atoms with van der Waals surface area (Å²) in [4.78, 5) is 0. The summed E-state index contributed by atoms with van der Waals surface area (Å²) in [5, 5.41) is 0.